The lowest BCUT2D eigenvalue weighted by Crippen LogP contribution is -2.47. The smallest absolute Gasteiger partial charge is 0.251 e. The first-order valence-corrected chi connectivity index (χ1v) is 8.64. The summed E-state index contributed by atoms with van der Waals surface area (Å²) in [5.41, 5.74) is 3.36. The Bertz CT molecular complexity index is 762. The highest BCUT2D eigenvalue weighted by molar-refractivity contribution is 6.01. The predicted molar refractivity (Wildman–Crippen MR) is 104 cm³/mol. The first-order valence-electron chi connectivity index (χ1n) is 8.64. The number of amides is 2. The van der Waals surface area contributed by atoms with E-state index in [-0.39, 0.29) is 17.7 Å². The number of ether oxygens (including phenoxy) is 1. The Morgan fingerprint density at radius 2 is 1.54 bits per heavy atom. The van der Waals surface area contributed by atoms with E-state index in [1.807, 2.05) is 45.9 Å². The van der Waals surface area contributed by atoms with Gasteiger partial charge in [-0.2, -0.15) is 0 Å². The summed E-state index contributed by atoms with van der Waals surface area (Å²) in [5, 5.41) is 5.73. The maximum atomic E-state index is 12.7. The predicted octanol–water partition coefficient (Wildman–Crippen LogP) is 3.71. The zero-order valence-electron chi connectivity index (χ0n) is 15.9. The minimum absolute atomic E-state index is 0.0527. The van der Waals surface area contributed by atoms with Crippen LogP contribution in [-0.4, -0.2) is 25.0 Å². The molecule has 5 heteroatoms. The minimum Gasteiger partial charge on any atom is -0.497 e. The fourth-order valence-electron chi connectivity index (χ4n) is 2.77. The summed E-state index contributed by atoms with van der Waals surface area (Å²) in [5.74, 6) is 0.103. The van der Waals surface area contributed by atoms with E-state index in [1.54, 1.807) is 31.4 Å². The van der Waals surface area contributed by atoms with Gasteiger partial charge >= 0.3 is 0 Å². The molecule has 5 nitrogen and oxygen atoms in total. The second-order valence-electron chi connectivity index (χ2n) is 6.79. The zero-order valence-corrected chi connectivity index (χ0v) is 15.9. The van der Waals surface area contributed by atoms with Crippen LogP contribution in [0.3, 0.4) is 0 Å². The quantitative estimate of drug-likeness (QED) is 0.831. The number of hydrogen-bond donors (Lipinski definition) is 2. The molecule has 0 unspecified atom stereocenters. The summed E-state index contributed by atoms with van der Waals surface area (Å²) in [6.07, 6.45) is 0. The number of methoxy groups -OCH3 is 1. The van der Waals surface area contributed by atoms with Gasteiger partial charge in [0.25, 0.3) is 5.91 Å². The van der Waals surface area contributed by atoms with Gasteiger partial charge in [-0.05, 0) is 67.3 Å². The molecule has 0 aliphatic heterocycles. The number of anilines is 1. The van der Waals surface area contributed by atoms with E-state index in [4.69, 9.17) is 4.74 Å². The van der Waals surface area contributed by atoms with Gasteiger partial charge in [0.2, 0.25) is 5.91 Å². The molecule has 2 rings (SSSR count). The van der Waals surface area contributed by atoms with Crippen molar-refractivity contribution in [1.29, 1.82) is 0 Å². The van der Waals surface area contributed by atoms with E-state index in [2.05, 4.69) is 10.6 Å². The Morgan fingerprint density at radius 3 is 2.04 bits per heavy atom. The Hall–Kier alpha value is -2.82. The molecule has 0 radical (unpaired) electrons. The van der Waals surface area contributed by atoms with E-state index in [0.717, 1.165) is 16.8 Å². The van der Waals surface area contributed by atoms with Gasteiger partial charge in [-0.1, -0.05) is 19.9 Å². The van der Waals surface area contributed by atoms with Crippen molar-refractivity contribution in [1.82, 2.24) is 5.32 Å². The molecule has 0 spiro atoms. The molecule has 0 aromatic heterocycles. The van der Waals surface area contributed by atoms with Gasteiger partial charge in [0.05, 0.1) is 7.11 Å². The normalized spacial score (nSPS) is 11.8. The van der Waals surface area contributed by atoms with Crippen molar-refractivity contribution in [3.63, 3.8) is 0 Å². The summed E-state index contributed by atoms with van der Waals surface area (Å²) in [6, 6.07) is 12.0. The van der Waals surface area contributed by atoms with E-state index >= 15 is 0 Å². The molecule has 0 fully saturated rings. The monoisotopic (exact) mass is 354 g/mol. The third kappa shape index (κ3) is 5.09. The maximum absolute atomic E-state index is 12.7. The Balaban J connectivity index is 2.11. The number of nitrogens with one attached hydrogen (secondary N) is 2. The fraction of sp³-hybridized carbons (Fsp3) is 0.333. The van der Waals surface area contributed by atoms with Gasteiger partial charge in [0.1, 0.15) is 11.8 Å². The van der Waals surface area contributed by atoms with Gasteiger partial charge in [-0.15, -0.1) is 0 Å². The number of rotatable bonds is 6. The lowest BCUT2D eigenvalue weighted by Gasteiger charge is -2.22. The first-order chi connectivity index (χ1) is 12.3. The summed E-state index contributed by atoms with van der Waals surface area (Å²) in [4.78, 5) is 25.2. The SMILES string of the molecule is COc1ccc(C(=O)N[C@H](C(=O)Nc2cc(C)cc(C)c2)C(C)C)cc1. The average molecular weight is 354 g/mol. The van der Waals surface area contributed by atoms with Crippen LogP contribution in [0.4, 0.5) is 5.69 Å². The number of carbonyl (C=O) groups excluding carboxylic acids is 2. The van der Waals surface area contributed by atoms with Crippen molar-refractivity contribution in [2.45, 2.75) is 33.7 Å². The van der Waals surface area contributed by atoms with Gasteiger partial charge in [0.15, 0.2) is 0 Å². The van der Waals surface area contributed by atoms with Crippen molar-refractivity contribution in [2.24, 2.45) is 5.92 Å². The van der Waals surface area contributed by atoms with Crippen LogP contribution in [0.5, 0.6) is 5.75 Å². The Kier molecular flexibility index (Phi) is 6.39. The molecular weight excluding hydrogens is 328 g/mol. The summed E-state index contributed by atoms with van der Waals surface area (Å²) in [6.45, 7) is 7.77. The van der Waals surface area contributed by atoms with Gasteiger partial charge in [0, 0.05) is 11.3 Å². The van der Waals surface area contributed by atoms with Crippen molar-refractivity contribution in [2.75, 3.05) is 12.4 Å². The topological polar surface area (TPSA) is 67.4 Å². The Morgan fingerprint density at radius 1 is 0.962 bits per heavy atom. The standard InChI is InChI=1S/C21H26N2O3/c1-13(2)19(21(25)22-17-11-14(3)10-15(4)12-17)23-20(24)16-6-8-18(26-5)9-7-16/h6-13,19H,1-5H3,(H,22,25)(H,23,24)/t19-/m0/s1. The third-order valence-electron chi connectivity index (χ3n) is 4.08. The molecule has 2 aromatic rings. The van der Waals surface area contributed by atoms with Gasteiger partial charge < -0.3 is 15.4 Å². The van der Waals surface area contributed by atoms with Crippen molar-refractivity contribution in [3.05, 3.63) is 59.2 Å². The molecule has 2 aromatic carbocycles. The fourth-order valence-corrected chi connectivity index (χ4v) is 2.77. The number of hydrogen-bond acceptors (Lipinski definition) is 3. The number of carbonyl (C=O) groups is 2. The lowest BCUT2D eigenvalue weighted by molar-refractivity contribution is -0.118. The molecule has 0 aliphatic carbocycles. The second kappa shape index (κ2) is 8.52. The van der Waals surface area contributed by atoms with E-state index in [0.29, 0.717) is 11.3 Å². The van der Waals surface area contributed by atoms with Crippen LogP contribution in [0, 0.1) is 19.8 Å². The highest BCUT2D eigenvalue weighted by Gasteiger charge is 2.25. The second-order valence-corrected chi connectivity index (χ2v) is 6.79. The van der Waals surface area contributed by atoms with Crippen LogP contribution in [-0.2, 0) is 4.79 Å². The summed E-state index contributed by atoms with van der Waals surface area (Å²) in [7, 11) is 1.57. The van der Waals surface area contributed by atoms with Crippen LogP contribution >= 0.6 is 0 Å². The molecule has 0 heterocycles. The molecule has 26 heavy (non-hydrogen) atoms. The molecule has 138 valence electrons. The number of aryl methyl sites for hydroxylation is 2. The maximum Gasteiger partial charge on any atom is 0.251 e. The molecule has 0 saturated carbocycles. The Labute approximate surface area is 154 Å². The zero-order chi connectivity index (χ0) is 19.3. The number of benzene rings is 2. The molecule has 2 amide bonds. The van der Waals surface area contributed by atoms with E-state index in [9.17, 15) is 9.59 Å². The van der Waals surface area contributed by atoms with Gasteiger partial charge in [-0.3, -0.25) is 9.59 Å². The van der Waals surface area contributed by atoms with Crippen LogP contribution < -0.4 is 15.4 Å². The van der Waals surface area contributed by atoms with E-state index in [1.165, 1.54) is 0 Å². The van der Waals surface area contributed by atoms with Crippen molar-refractivity contribution >= 4 is 17.5 Å². The molecule has 2 N–H and O–H groups in total. The summed E-state index contributed by atoms with van der Waals surface area (Å²) < 4.78 is 5.10. The first kappa shape index (κ1) is 19.5. The molecule has 0 bridgehead atoms. The third-order valence-corrected chi connectivity index (χ3v) is 4.08. The average Bonchev–Trinajstić information content (AvgIpc) is 2.58. The molecule has 1 atom stereocenters. The van der Waals surface area contributed by atoms with Crippen LogP contribution in [0.25, 0.3) is 0 Å². The van der Waals surface area contributed by atoms with Gasteiger partial charge in [-0.25, -0.2) is 0 Å². The van der Waals surface area contributed by atoms with E-state index < -0.39 is 6.04 Å². The van der Waals surface area contributed by atoms with Crippen LogP contribution in [0.2, 0.25) is 0 Å². The molecule has 0 saturated heterocycles. The minimum atomic E-state index is -0.634. The van der Waals surface area contributed by atoms with Crippen molar-refractivity contribution in [3.8, 4) is 5.75 Å². The summed E-state index contributed by atoms with van der Waals surface area (Å²) >= 11 is 0. The van der Waals surface area contributed by atoms with Crippen LogP contribution in [0.1, 0.15) is 35.3 Å². The largest absolute Gasteiger partial charge is 0.497 e. The highest BCUT2D eigenvalue weighted by atomic mass is 16.5. The highest BCUT2D eigenvalue weighted by Crippen LogP contribution is 2.16. The molecular formula is C21H26N2O3. The van der Waals surface area contributed by atoms with Crippen LogP contribution in [0.15, 0.2) is 42.5 Å². The lowest BCUT2D eigenvalue weighted by atomic mass is 10.0. The molecule has 0 aliphatic rings. The van der Waals surface area contributed by atoms with Crippen molar-refractivity contribution < 1.29 is 14.3 Å².